The number of nitrogens with one attached hydrogen (secondary N) is 1. The highest BCUT2D eigenvalue weighted by Crippen LogP contribution is 2.31. The van der Waals surface area contributed by atoms with Crippen molar-refractivity contribution in [2.75, 3.05) is 18.0 Å². The number of rotatable bonds is 12. The number of amides is 2. The van der Waals surface area contributed by atoms with Gasteiger partial charge in [0.15, 0.2) is 0 Å². The Labute approximate surface area is 266 Å². The summed E-state index contributed by atoms with van der Waals surface area (Å²) in [5, 5.41) is 3.65. The first-order valence-electron chi connectivity index (χ1n) is 13.2. The molecule has 8 nitrogen and oxygen atoms in total. The average molecular weight is 699 g/mol. The highest BCUT2D eigenvalue weighted by atomic mass is 79.9. The molecule has 3 rings (SSSR count). The highest BCUT2D eigenvalue weighted by molar-refractivity contribution is 9.10. The van der Waals surface area contributed by atoms with E-state index in [2.05, 4.69) is 21.2 Å². The molecule has 0 heterocycles. The second-order valence-electron chi connectivity index (χ2n) is 9.89. The minimum Gasteiger partial charge on any atom is -0.496 e. The Bertz CT molecular complexity index is 1540. The summed E-state index contributed by atoms with van der Waals surface area (Å²) in [7, 11) is -2.76. The maximum absolute atomic E-state index is 14.1. The first-order chi connectivity index (χ1) is 19.8. The number of methoxy groups -OCH3 is 1. The number of hydrogen-bond acceptors (Lipinski definition) is 5. The monoisotopic (exact) mass is 697 g/mol. The molecule has 0 aliphatic heterocycles. The summed E-state index contributed by atoms with van der Waals surface area (Å²) in [6, 6.07) is 15.0. The van der Waals surface area contributed by atoms with E-state index in [0.717, 1.165) is 9.87 Å². The number of sulfonamides is 1. The van der Waals surface area contributed by atoms with Gasteiger partial charge in [-0.1, -0.05) is 53.9 Å². The lowest BCUT2D eigenvalue weighted by Gasteiger charge is -2.32. The van der Waals surface area contributed by atoms with Crippen LogP contribution < -0.4 is 14.4 Å². The van der Waals surface area contributed by atoms with Crippen LogP contribution >= 0.6 is 39.1 Å². The van der Waals surface area contributed by atoms with E-state index < -0.39 is 28.5 Å². The van der Waals surface area contributed by atoms with E-state index in [4.69, 9.17) is 27.9 Å². The molecular formula is C30H34BrCl2N3O5S. The van der Waals surface area contributed by atoms with Crippen molar-refractivity contribution in [3.05, 3.63) is 86.3 Å². The van der Waals surface area contributed by atoms with Gasteiger partial charge in [0.2, 0.25) is 11.8 Å². The van der Waals surface area contributed by atoms with Crippen LogP contribution in [0.5, 0.6) is 5.75 Å². The molecular weight excluding hydrogens is 665 g/mol. The molecule has 2 atom stereocenters. The molecule has 0 unspecified atom stereocenters. The highest BCUT2D eigenvalue weighted by Gasteiger charge is 2.33. The van der Waals surface area contributed by atoms with Gasteiger partial charge >= 0.3 is 0 Å². The lowest BCUT2D eigenvalue weighted by molar-refractivity contribution is -0.139. The maximum atomic E-state index is 14.1. The summed E-state index contributed by atoms with van der Waals surface area (Å²) in [5.74, 6) is -0.504. The molecule has 0 fully saturated rings. The van der Waals surface area contributed by atoms with Crippen LogP contribution in [0.15, 0.2) is 70.0 Å². The summed E-state index contributed by atoms with van der Waals surface area (Å²) >= 11 is 15.9. The normalized spacial score (nSPS) is 12.8. The van der Waals surface area contributed by atoms with Gasteiger partial charge in [-0.25, -0.2) is 8.42 Å². The predicted octanol–water partition coefficient (Wildman–Crippen LogP) is 6.60. The Kier molecular flexibility index (Phi) is 11.7. The lowest BCUT2D eigenvalue weighted by Crippen LogP contribution is -2.52. The molecule has 0 spiro atoms. The Morgan fingerprint density at radius 1 is 1.02 bits per heavy atom. The predicted molar refractivity (Wildman–Crippen MR) is 171 cm³/mol. The zero-order valence-electron chi connectivity index (χ0n) is 24.0. The zero-order chi connectivity index (χ0) is 31.2. The molecule has 226 valence electrons. The second-order valence-corrected chi connectivity index (χ2v) is 13.5. The summed E-state index contributed by atoms with van der Waals surface area (Å²) in [4.78, 5) is 28.5. The van der Waals surface area contributed by atoms with Gasteiger partial charge in [-0.15, -0.1) is 0 Å². The number of anilines is 1. The number of nitrogens with zero attached hydrogens (tertiary/aromatic N) is 2. The van der Waals surface area contributed by atoms with Crippen molar-refractivity contribution in [2.45, 2.75) is 57.6 Å². The van der Waals surface area contributed by atoms with Crippen molar-refractivity contribution in [1.82, 2.24) is 10.2 Å². The Morgan fingerprint density at radius 2 is 1.69 bits per heavy atom. The van der Waals surface area contributed by atoms with Gasteiger partial charge in [0.05, 0.1) is 22.2 Å². The number of aryl methyl sites for hydroxylation is 1. The van der Waals surface area contributed by atoms with E-state index >= 15 is 0 Å². The fraction of sp³-hybridized carbons (Fsp3) is 0.333. The number of carbonyl (C=O) groups excluding carboxylic acids is 2. The number of halogens is 3. The molecule has 0 aliphatic carbocycles. The molecule has 0 saturated heterocycles. The van der Waals surface area contributed by atoms with Gasteiger partial charge < -0.3 is 15.0 Å². The summed E-state index contributed by atoms with van der Waals surface area (Å²) in [6.07, 6.45) is 0.701. The molecule has 42 heavy (non-hydrogen) atoms. The fourth-order valence-corrected chi connectivity index (χ4v) is 6.66. The number of carbonyl (C=O) groups is 2. The van der Waals surface area contributed by atoms with Crippen LogP contribution in [-0.4, -0.2) is 50.9 Å². The largest absolute Gasteiger partial charge is 0.496 e. The Balaban J connectivity index is 2.07. The van der Waals surface area contributed by atoms with E-state index in [1.807, 2.05) is 20.8 Å². The van der Waals surface area contributed by atoms with E-state index in [1.165, 1.54) is 30.2 Å². The molecule has 12 heteroatoms. The number of benzene rings is 3. The van der Waals surface area contributed by atoms with Gasteiger partial charge in [-0.2, -0.15) is 0 Å². The third-order valence-electron chi connectivity index (χ3n) is 6.84. The summed E-state index contributed by atoms with van der Waals surface area (Å²) < 4.78 is 34.8. The van der Waals surface area contributed by atoms with Gasteiger partial charge in [-0.05, 0) is 91.1 Å². The maximum Gasteiger partial charge on any atom is 0.264 e. The van der Waals surface area contributed by atoms with E-state index in [-0.39, 0.29) is 23.4 Å². The van der Waals surface area contributed by atoms with Crippen molar-refractivity contribution in [2.24, 2.45) is 0 Å². The molecule has 0 radical (unpaired) electrons. The van der Waals surface area contributed by atoms with Crippen LogP contribution in [0.3, 0.4) is 0 Å². The van der Waals surface area contributed by atoms with Crippen molar-refractivity contribution < 1.29 is 22.7 Å². The third-order valence-corrected chi connectivity index (χ3v) is 9.81. The summed E-state index contributed by atoms with van der Waals surface area (Å²) in [6.45, 7) is 6.68. The SMILES string of the molecule is CC[C@H](C)NC(=O)[C@H](C)N(Cc1ccc(Cl)cc1Cl)C(=O)CN(c1ccc(C)cc1)S(=O)(=O)c1ccc(OC)c(Br)c1. The molecule has 3 aromatic rings. The number of ether oxygens (including phenoxy) is 1. The summed E-state index contributed by atoms with van der Waals surface area (Å²) in [5.41, 5.74) is 1.77. The molecule has 3 aromatic carbocycles. The number of hydrogen-bond donors (Lipinski definition) is 1. The second kappa shape index (κ2) is 14.6. The van der Waals surface area contributed by atoms with Crippen molar-refractivity contribution in [3.63, 3.8) is 0 Å². The van der Waals surface area contributed by atoms with Crippen LogP contribution in [0.2, 0.25) is 10.0 Å². The standard InChI is InChI=1S/C30H34BrCl2N3O5S/c1-6-20(3)34-30(38)21(4)35(17-22-9-10-23(32)15-27(22)33)29(37)18-36(24-11-7-19(2)8-12-24)42(39,40)25-13-14-28(41-5)26(31)16-25/h7-16,20-21H,6,17-18H2,1-5H3,(H,34,38)/t20-,21-/m0/s1. The molecule has 1 N–H and O–H groups in total. The van der Waals surface area contributed by atoms with Crippen LogP contribution in [0, 0.1) is 6.92 Å². The van der Waals surface area contributed by atoms with E-state index in [9.17, 15) is 18.0 Å². The van der Waals surface area contributed by atoms with E-state index in [1.54, 1.807) is 49.4 Å². The van der Waals surface area contributed by atoms with Crippen molar-refractivity contribution >= 4 is 66.7 Å². The smallest absolute Gasteiger partial charge is 0.264 e. The minimum atomic E-state index is -4.24. The van der Waals surface area contributed by atoms with Gasteiger partial charge in [0, 0.05) is 22.6 Å². The van der Waals surface area contributed by atoms with Gasteiger partial charge in [-0.3, -0.25) is 13.9 Å². The first-order valence-corrected chi connectivity index (χ1v) is 16.2. The third kappa shape index (κ3) is 8.18. The molecule has 0 aliphatic rings. The first kappa shape index (κ1) is 33.7. The lowest BCUT2D eigenvalue weighted by atomic mass is 10.1. The molecule has 0 aromatic heterocycles. The van der Waals surface area contributed by atoms with Crippen LogP contribution in [0.1, 0.15) is 38.3 Å². The van der Waals surface area contributed by atoms with E-state index in [0.29, 0.717) is 37.9 Å². The van der Waals surface area contributed by atoms with Gasteiger partial charge in [0.25, 0.3) is 10.0 Å². The zero-order valence-corrected chi connectivity index (χ0v) is 27.9. The van der Waals surface area contributed by atoms with Crippen LogP contribution in [0.25, 0.3) is 0 Å². The van der Waals surface area contributed by atoms with Crippen molar-refractivity contribution in [3.8, 4) is 5.75 Å². The Morgan fingerprint density at radius 3 is 2.26 bits per heavy atom. The average Bonchev–Trinajstić information content (AvgIpc) is 2.95. The topological polar surface area (TPSA) is 96.0 Å². The van der Waals surface area contributed by atoms with Crippen LogP contribution in [0.4, 0.5) is 5.69 Å². The molecule has 2 amide bonds. The Hall–Kier alpha value is -2.79. The quantitative estimate of drug-likeness (QED) is 0.230. The molecule has 0 bridgehead atoms. The van der Waals surface area contributed by atoms with Crippen molar-refractivity contribution in [1.29, 1.82) is 0 Å². The minimum absolute atomic E-state index is 0.0419. The fourth-order valence-electron chi connectivity index (χ4n) is 4.06. The molecule has 0 saturated carbocycles. The van der Waals surface area contributed by atoms with Gasteiger partial charge in [0.1, 0.15) is 18.3 Å². The van der Waals surface area contributed by atoms with Crippen LogP contribution in [-0.2, 0) is 26.2 Å².